The van der Waals surface area contributed by atoms with Crippen molar-refractivity contribution in [1.29, 1.82) is 0 Å². The predicted octanol–water partition coefficient (Wildman–Crippen LogP) is 4.59. The van der Waals surface area contributed by atoms with Gasteiger partial charge in [-0.05, 0) is 36.2 Å². The second-order valence-electron chi connectivity index (χ2n) is 8.08. The van der Waals surface area contributed by atoms with Crippen LogP contribution in [-0.2, 0) is 11.2 Å². The van der Waals surface area contributed by atoms with Crippen molar-refractivity contribution in [3.8, 4) is 5.75 Å². The van der Waals surface area contributed by atoms with Gasteiger partial charge in [0, 0.05) is 19.5 Å². The van der Waals surface area contributed by atoms with Crippen molar-refractivity contribution in [2.45, 2.75) is 32.2 Å². The number of nitrogens with zero attached hydrogens (tertiary/aromatic N) is 2. The number of oxazole rings is 1. The third kappa shape index (κ3) is 5.50. The molecule has 0 spiro atoms. The van der Waals surface area contributed by atoms with Crippen molar-refractivity contribution in [3.63, 3.8) is 0 Å². The van der Waals surface area contributed by atoms with Crippen molar-refractivity contribution in [2.24, 2.45) is 0 Å². The van der Waals surface area contributed by atoms with Crippen molar-refractivity contribution >= 4 is 5.88 Å². The summed E-state index contributed by atoms with van der Waals surface area (Å²) in [7, 11) is 1.69. The van der Waals surface area contributed by atoms with E-state index in [0.29, 0.717) is 19.1 Å². The summed E-state index contributed by atoms with van der Waals surface area (Å²) in [6.45, 7) is 6.13. The standard InChI is InChI=1S/C26H33N3O3/c1-3-4-14-27-24(21-10-12-22(30-2)13-11-21)25-28-23(19-20-8-6-5-7-9-20)26(32-25)29-15-17-31-18-16-29/h5-13,24,27H,3-4,14-19H2,1-2H3. The summed E-state index contributed by atoms with van der Waals surface area (Å²) >= 11 is 0. The van der Waals surface area contributed by atoms with Crippen LogP contribution in [0.4, 0.5) is 5.88 Å². The van der Waals surface area contributed by atoms with Gasteiger partial charge in [-0.3, -0.25) is 0 Å². The Labute approximate surface area is 190 Å². The Hall–Kier alpha value is -2.83. The normalized spacial score (nSPS) is 15.0. The Balaban J connectivity index is 1.68. The van der Waals surface area contributed by atoms with Gasteiger partial charge >= 0.3 is 0 Å². The van der Waals surface area contributed by atoms with Crippen LogP contribution in [0.15, 0.2) is 59.0 Å². The molecule has 170 valence electrons. The summed E-state index contributed by atoms with van der Waals surface area (Å²) in [4.78, 5) is 7.30. The fraction of sp³-hybridized carbons (Fsp3) is 0.423. The lowest BCUT2D eigenvalue weighted by Crippen LogP contribution is -2.36. The molecule has 0 aliphatic carbocycles. The minimum absolute atomic E-state index is 0.114. The summed E-state index contributed by atoms with van der Waals surface area (Å²) in [5, 5.41) is 3.66. The Kier molecular flexibility index (Phi) is 7.80. The maximum atomic E-state index is 6.50. The van der Waals surface area contributed by atoms with Crippen LogP contribution in [0.3, 0.4) is 0 Å². The first-order chi connectivity index (χ1) is 15.8. The molecule has 1 saturated heterocycles. The molecule has 2 heterocycles. The van der Waals surface area contributed by atoms with Gasteiger partial charge < -0.3 is 24.1 Å². The minimum Gasteiger partial charge on any atom is -0.497 e. The number of morpholine rings is 1. The molecule has 0 bridgehead atoms. The predicted molar refractivity (Wildman–Crippen MR) is 127 cm³/mol. The fourth-order valence-corrected chi connectivity index (χ4v) is 3.97. The molecule has 1 unspecified atom stereocenters. The number of hydrogen-bond acceptors (Lipinski definition) is 6. The monoisotopic (exact) mass is 435 g/mol. The van der Waals surface area contributed by atoms with E-state index in [1.54, 1.807) is 7.11 Å². The smallest absolute Gasteiger partial charge is 0.220 e. The highest BCUT2D eigenvalue weighted by Crippen LogP contribution is 2.31. The Morgan fingerprint density at radius 1 is 1.06 bits per heavy atom. The number of hydrogen-bond donors (Lipinski definition) is 1. The SMILES string of the molecule is CCCCNC(c1ccc(OC)cc1)c1nc(Cc2ccccc2)c(N2CCOCC2)o1. The second kappa shape index (κ2) is 11.2. The van der Waals surface area contributed by atoms with Crippen molar-refractivity contribution in [3.05, 3.63) is 77.3 Å². The molecular weight excluding hydrogens is 402 g/mol. The van der Waals surface area contributed by atoms with Crippen LogP contribution < -0.4 is 15.0 Å². The molecule has 1 N–H and O–H groups in total. The first-order valence-corrected chi connectivity index (χ1v) is 11.5. The number of anilines is 1. The van der Waals surface area contributed by atoms with E-state index in [-0.39, 0.29) is 6.04 Å². The highest BCUT2D eigenvalue weighted by Gasteiger charge is 2.26. The second-order valence-corrected chi connectivity index (χ2v) is 8.08. The van der Waals surface area contributed by atoms with Gasteiger partial charge in [0.1, 0.15) is 17.5 Å². The number of methoxy groups -OCH3 is 1. The van der Waals surface area contributed by atoms with Gasteiger partial charge in [0.2, 0.25) is 11.8 Å². The number of nitrogens with one attached hydrogen (secondary N) is 1. The highest BCUT2D eigenvalue weighted by molar-refractivity contribution is 5.45. The van der Waals surface area contributed by atoms with E-state index in [1.807, 2.05) is 18.2 Å². The molecule has 6 heteroatoms. The van der Waals surface area contributed by atoms with E-state index < -0.39 is 0 Å². The Morgan fingerprint density at radius 2 is 1.81 bits per heavy atom. The van der Waals surface area contributed by atoms with Crippen molar-refractivity contribution < 1.29 is 13.9 Å². The van der Waals surface area contributed by atoms with Gasteiger partial charge in [0.15, 0.2) is 0 Å². The quantitative estimate of drug-likeness (QED) is 0.470. The number of aromatic nitrogens is 1. The topological polar surface area (TPSA) is 59.8 Å². The van der Waals surface area contributed by atoms with Gasteiger partial charge in [-0.2, -0.15) is 0 Å². The lowest BCUT2D eigenvalue weighted by Gasteiger charge is -2.27. The summed E-state index contributed by atoms with van der Waals surface area (Å²) < 4.78 is 17.4. The van der Waals surface area contributed by atoms with Crippen LogP contribution in [0, 0.1) is 0 Å². The van der Waals surface area contributed by atoms with Crippen LogP contribution >= 0.6 is 0 Å². The zero-order valence-electron chi connectivity index (χ0n) is 19.0. The number of ether oxygens (including phenoxy) is 2. The van der Waals surface area contributed by atoms with Gasteiger partial charge in [0.05, 0.1) is 20.3 Å². The van der Waals surface area contributed by atoms with Crippen molar-refractivity contribution in [1.82, 2.24) is 10.3 Å². The molecule has 6 nitrogen and oxygen atoms in total. The first kappa shape index (κ1) is 22.4. The molecular formula is C26H33N3O3. The van der Waals surface area contributed by atoms with E-state index in [1.165, 1.54) is 5.56 Å². The van der Waals surface area contributed by atoms with Gasteiger partial charge in [0.25, 0.3) is 0 Å². The van der Waals surface area contributed by atoms with Gasteiger partial charge in [-0.25, -0.2) is 4.98 Å². The number of rotatable bonds is 10. The third-order valence-corrected chi connectivity index (χ3v) is 5.78. The summed E-state index contributed by atoms with van der Waals surface area (Å²) in [5.41, 5.74) is 3.31. The van der Waals surface area contributed by atoms with Crippen LogP contribution in [0.5, 0.6) is 5.75 Å². The maximum Gasteiger partial charge on any atom is 0.220 e. The average molecular weight is 436 g/mol. The highest BCUT2D eigenvalue weighted by atomic mass is 16.5. The molecule has 3 aromatic rings. The summed E-state index contributed by atoms with van der Waals surface area (Å²) in [6, 6.07) is 18.5. The molecule has 1 aromatic heterocycles. The largest absolute Gasteiger partial charge is 0.497 e. The summed E-state index contributed by atoms with van der Waals surface area (Å²) in [5.74, 6) is 2.41. The molecule has 1 aliphatic heterocycles. The molecule has 1 aliphatic rings. The molecule has 0 amide bonds. The average Bonchev–Trinajstić information content (AvgIpc) is 3.26. The van der Waals surface area contributed by atoms with Crippen LogP contribution in [0.25, 0.3) is 0 Å². The fourth-order valence-electron chi connectivity index (χ4n) is 3.97. The van der Waals surface area contributed by atoms with E-state index in [4.69, 9.17) is 18.9 Å². The molecule has 4 rings (SSSR count). The molecule has 1 atom stereocenters. The van der Waals surface area contributed by atoms with Crippen LogP contribution in [0.2, 0.25) is 0 Å². The zero-order valence-corrected chi connectivity index (χ0v) is 19.0. The minimum atomic E-state index is -0.114. The van der Waals surface area contributed by atoms with Crippen molar-refractivity contribution in [2.75, 3.05) is 44.9 Å². The lowest BCUT2D eigenvalue weighted by molar-refractivity contribution is 0.120. The van der Waals surface area contributed by atoms with E-state index in [2.05, 4.69) is 53.5 Å². The first-order valence-electron chi connectivity index (χ1n) is 11.5. The number of benzene rings is 2. The van der Waals surface area contributed by atoms with Gasteiger partial charge in [-0.15, -0.1) is 0 Å². The van der Waals surface area contributed by atoms with Crippen LogP contribution in [0.1, 0.15) is 48.5 Å². The number of unbranched alkanes of at least 4 members (excludes halogenated alkanes) is 1. The van der Waals surface area contributed by atoms with Crippen LogP contribution in [-0.4, -0.2) is 44.9 Å². The molecule has 0 radical (unpaired) electrons. The molecule has 2 aromatic carbocycles. The Bertz CT molecular complexity index is 950. The van der Waals surface area contributed by atoms with E-state index in [0.717, 1.165) is 61.8 Å². The lowest BCUT2D eigenvalue weighted by atomic mass is 10.1. The molecule has 1 fully saturated rings. The molecule has 32 heavy (non-hydrogen) atoms. The van der Waals surface area contributed by atoms with Gasteiger partial charge in [-0.1, -0.05) is 55.8 Å². The van der Waals surface area contributed by atoms with E-state index in [9.17, 15) is 0 Å². The molecule has 0 saturated carbocycles. The zero-order chi connectivity index (χ0) is 22.2. The maximum absolute atomic E-state index is 6.50. The summed E-state index contributed by atoms with van der Waals surface area (Å²) in [6.07, 6.45) is 2.97. The van der Waals surface area contributed by atoms with E-state index >= 15 is 0 Å². The Morgan fingerprint density at radius 3 is 2.50 bits per heavy atom. The third-order valence-electron chi connectivity index (χ3n) is 5.78.